The van der Waals surface area contributed by atoms with Gasteiger partial charge in [-0.2, -0.15) is 5.26 Å². The Bertz CT molecular complexity index is 521. The molecule has 1 amide bonds. The van der Waals surface area contributed by atoms with Crippen LogP contribution in [0.25, 0.3) is 0 Å². The number of benzene rings is 1. The average molecular weight is 265 g/mol. The minimum absolute atomic E-state index is 0.112. The molecular formula is C11H7ClN3OS-. The fourth-order valence-corrected chi connectivity index (χ4v) is 1.96. The molecule has 17 heavy (non-hydrogen) atoms. The maximum Gasteiger partial charge on any atom is 0.243 e. The van der Waals surface area contributed by atoms with Gasteiger partial charge in [-0.05, 0) is 22.9 Å². The summed E-state index contributed by atoms with van der Waals surface area (Å²) in [5, 5.41) is 12.1. The summed E-state index contributed by atoms with van der Waals surface area (Å²) in [4.78, 5) is 15.7. The summed E-state index contributed by atoms with van der Waals surface area (Å²) >= 11 is 10.6. The van der Waals surface area contributed by atoms with Crippen LogP contribution in [0.2, 0.25) is 5.02 Å². The topological polar surface area (TPSA) is 65.2 Å². The van der Waals surface area contributed by atoms with Crippen LogP contribution in [-0.2, 0) is 17.4 Å². The van der Waals surface area contributed by atoms with Crippen molar-refractivity contribution in [1.82, 2.24) is 5.32 Å². The van der Waals surface area contributed by atoms with E-state index >= 15 is 0 Å². The van der Waals surface area contributed by atoms with Gasteiger partial charge in [-0.25, -0.2) is 0 Å². The number of rotatable bonds is 1. The Morgan fingerprint density at radius 1 is 1.41 bits per heavy atom. The Morgan fingerprint density at radius 2 is 2.06 bits per heavy atom. The molecule has 1 heterocycles. The highest BCUT2D eigenvalue weighted by Gasteiger charge is 2.31. The summed E-state index contributed by atoms with van der Waals surface area (Å²) in [5.41, 5.74) is 0.748. The van der Waals surface area contributed by atoms with E-state index in [9.17, 15) is 4.79 Å². The molecule has 2 rings (SSSR count). The number of nitriles is 1. The van der Waals surface area contributed by atoms with Gasteiger partial charge >= 0.3 is 0 Å². The van der Waals surface area contributed by atoms with E-state index in [2.05, 4.69) is 10.3 Å². The van der Waals surface area contributed by atoms with Crippen molar-refractivity contribution in [3.05, 3.63) is 34.9 Å². The van der Waals surface area contributed by atoms with Crippen LogP contribution in [0.5, 0.6) is 0 Å². The molecule has 1 N–H and O–H groups in total. The van der Waals surface area contributed by atoms with Gasteiger partial charge in [0.05, 0.1) is 12.1 Å². The van der Waals surface area contributed by atoms with E-state index in [0.717, 1.165) is 5.56 Å². The summed E-state index contributed by atoms with van der Waals surface area (Å²) in [6.45, 7) is 0. The summed E-state index contributed by atoms with van der Waals surface area (Å²) in [6.07, 6.45) is 0. The highest BCUT2D eigenvalue weighted by Crippen LogP contribution is 2.29. The van der Waals surface area contributed by atoms with E-state index in [1.54, 1.807) is 24.3 Å². The largest absolute Gasteiger partial charge is 0.743 e. The van der Waals surface area contributed by atoms with Gasteiger partial charge in [-0.15, -0.1) is 0 Å². The molecule has 2 atom stereocenters. The zero-order valence-corrected chi connectivity index (χ0v) is 10.1. The lowest BCUT2D eigenvalue weighted by molar-refractivity contribution is -0.122. The monoisotopic (exact) mass is 264 g/mol. The minimum Gasteiger partial charge on any atom is -0.743 e. The Hall–Kier alpha value is -1.64. The molecule has 1 aromatic carbocycles. The fourth-order valence-electron chi connectivity index (χ4n) is 1.62. The molecule has 0 aliphatic carbocycles. The van der Waals surface area contributed by atoms with E-state index in [4.69, 9.17) is 29.5 Å². The molecule has 1 aliphatic rings. The highest BCUT2D eigenvalue weighted by molar-refractivity contribution is 7.77. The van der Waals surface area contributed by atoms with Crippen molar-refractivity contribution in [3.8, 4) is 6.07 Å². The highest BCUT2D eigenvalue weighted by atomic mass is 35.5. The maximum absolute atomic E-state index is 11.6. The first-order valence-electron chi connectivity index (χ1n) is 4.82. The van der Waals surface area contributed by atoms with Gasteiger partial charge in [0.1, 0.15) is 0 Å². The molecule has 1 aromatic rings. The normalized spacial score (nSPS) is 23.5. The summed E-state index contributed by atoms with van der Waals surface area (Å²) in [5.74, 6) is -1.27. The molecule has 86 valence electrons. The predicted octanol–water partition coefficient (Wildman–Crippen LogP) is 1.55. The van der Waals surface area contributed by atoms with Crippen LogP contribution in [0, 0.1) is 17.2 Å². The van der Waals surface area contributed by atoms with E-state index in [0.29, 0.717) is 5.02 Å². The SMILES string of the molecule is N#CC1C(=O)NC([S-])=NC1c1ccc(Cl)cc1. The van der Waals surface area contributed by atoms with Crippen molar-refractivity contribution in [1.29, 1.82) is 5.26 Å². The molecule has 1 aliphatic heterocycles. The average Bonchev–Trinajstić information content (AvgIpc) is 2.29. The molecule has 6 heteroatoms. The van der Waals surface area contributed by atoms with E-state index in [1.807, 2.05) is 6.07 Å². The summed E-state index contributed by atoms with van der Waals surface area (Å²) < 4.78 is 0. The second-order valence-corrected chi connectivity index (χ2v) is 4.35. The number of nitrogens with zero attached hydrogens (tertiary/aromatic N) is 2. The van der Waals surface area contributed by atoms with Crippen LogP contribution in [0.1, 0.15) is 11.6 Å². The van der Waals surface area contributed by atoms with Crippen LogP contribution in [-0.4, -0.2) is 11.1 Å². The third-order valence-corrected chi connectivity index (χ3v) is 2.89. The number of amidine groups is 1. The number of hydrogen-bond acceptors (Lipinski definition) is 4. The van der Waals surface area contributed by atoms with Crippen LogP contribution >= 0.6 is 11.6 Å². The Labute approximate surface area is 109 Å². The Kier molecular flexibility index (Phi) is 3.27. The Morgan fingerprint density at radius 3 is 2.65 bits per heavy atom. The quantitative estimate of drug-likeness (QED) is 0.783. The third-order valence-electron chi connectivity index (χ3n) is 2.44. The van der Waals surface area contributed by atoms with Crippen LogP contribution in [0.3, 0.4) is 0 Å². The fraction of sp³-hybridized carbons (Fsp3) is 0.182. The molecule has 0 aromatic heterocycles. The van der Waals surface area contributed by atoms with Gasteiger partial charge in [-0.3, -0.25) is 9.79 Å². The molecule has 0 saturated heterocycles. The third kappa shape index (κ3) is 2.38. The van der Waals surface area contributed by atoms with E-state index in [-0.39, 0.29) is 5.17 Å². The Balaban J connectivity index is 2.41. The molecule has 2 unspecified atom stereocenters. The first-order chi connectivity index (χ1) is 8.11. The number of hydrogen-bond donors (Lipinski definition) is 1. The first kappa shape index (κ1) is 11.8. The smallest absolute Gasteiger partial charge is 0.243 e. The zero-order valence-electron chi connectivity index (χ0n) is 8.55. The number of nitrogens with one attached hydrogen (secondary N) is 1. The van der Waals surface area contributed by atoms with E-state index in [1.165, 1.54) is 0 Å². The van der Waals surface area contributed by atoms with Crippen LogP contribution < -0.4 is 5.32 Å². The number of halogens is 1. The lowest BCUT2D eigenvalue weighted by Crippen LogP contribution is -2.41. The zero-order chi connectivity index (χ0) is 12.4. The lowest BCUT2D eigenvalue weighted by atomic mass is 9.93. The number of aliphatic imine (C=N–C) groups is 1. The standard InChI is InChI=1S/C11H8ClN3OS/c12-7-3-1-6(2-4-7)9-8(5-13)10(16)15-11(17)14-9/h1-4,8-9H,(H2,14,15,16,17)/p-1. The summed E-state index contributed by atoms with van der Waals surface area (Å²) in [7, 11) is 0. The van der Waals surface area contributed by atoms with Gasteiger partial charge in [-0.1, -0.05) is 23.7 Å². The van der Waals surface area contributed by atoms with Gasteiger partial charge in [0.15, 0.2) is 5.92 Å². The lowest BCUT2D eigenvalue weighted by Gasteiger charge is -2.28. The number of carbonyl (C=O) groups is 1. The minimum atomic E-state index is -0.858. The maximum atomic E-state index is 11.6. The van der Waals surface area contributed by atoms with Crippen LogP contribution in [0.15, 0.2) is 29.3 Å². The van der Waals surface area contributed by atoms with E-state index < -0.39 is 17.9 Å². The van der Waals surface area contributed by atoms with Crippen molar-refractivity contribution < 1.29 is 4.79 Å². The molecule has 0 spiro atoms. The van der Waals surface area contributed by atoms with Gasteiger partial charge in [0.25, 0.3) is 0 Å². The van der Waals surface area contributed by atoms with Crippen LogP contribution in [0.4, 0.5) is 0 Å². The van der Waals surface area contributed by atoms with Crippen molar-refractivity contribution >= 4 is 35.3 Å². The van der Waals surface area contributed by atoms with Crippen molar-refractivity contribution in [2.75, 3.05) is 0 Å². The molecule has 0 bridgehead atoms. The summed E-state index contributed by atoms with van der Waals surface area (Å²) in [6, 6.07) is 8.24. The molecule has 0 radical (unpaired) electrons. The second kappa shape index (κ2) is 4.70. The first-order valence-corrected chi connectivity index (χ1v) is 5.61. The predicted molar refractivity (Wildman–Crippen MR) is 66.2 cm³/mol. The van der Waals surface area contributed by atoms with Crippen molar-refractivity contribution in [2.45, 2.75) is 6.04 Å². The van der Waals surface area contributed by atoms with Crippen molar-refractivity contribution in [2.24, 2.45) is 10.9 Å². The molecule has 0 saturated carbocycles. The second-order valence-electron chi connectivity index (χ2n) is 3.53. The van der Waals surface area contributed by atoms with Crippen molar-refractivity contribution in [3.63, 3.8) is 0 Å². The molecule has 0 fully saturated rings. The number of amides is 1. The van der Waals surface area contributed by atoms with Gasteiger partial charge < -0.3 is 17.9 Å². The van der Waals surface area contributed by atoms with Gasteiger partial charge in [0, 0.05) is 5.02 Å². The molecular weight excluding hydrogens is 258 g/mol. The molecule has 4 nitrogen and oxygen atoms in total. The number of carbonyl (C=O) groups excluding carboxylic acids is 1. The van der Waals surface area contributed by atoms with Gasteiger partial charge in [0.2, 0.25) is 5.91 Å².